The molecule has 0 unspecified atom stereocenters. The maximum Gasteiger partial charge on any atom is 0.227 e. The van der Waals surface area contributed by atoms with Gasteiger partial charge in [-0.05, 0) is 68.0 Å². The predicted octanol–water partition coefficient (Wildman–Crippen LogP) is 8.01. The van der Waals surface area contributed by atoms with E-state index in [4.69, 9.17) is 0 Å². The van der Waals surface area contributed by atoms with Gasteiger partial charge in [0, 0.05) is 42.9 Å². The highest BCUT2D eigenvalue weighted by Crippen LogP contribution is 2.47. The van der Waals surface area contributed by atoms with Crippen LogP contribution in [0.2, 0.25) is 0 Å². The molecule has 0 saturated carbocycles. The first kappa shape index (κ1) is 27.7. The van der Waals surface area contributed by atoms with Crippen molar-refractivity contribution in [1.82, 2.24) is 0 Å². The molecule has 3 aromatic rings. The number of carbonyl (C=O) groups excluding carboxylic acids is 2. The summed E-state index contributed by atoms with van der Waals surface area (Å²) in [5.74, 6) is 0.274. The third kappa shape index (κ3) is 5.56. The second kappa shape index (κ2) is 12.5. The quantitative estimate of drug-likeness (QED) is 0.282. The number of rotatable bonds is 9. The summed E-state index contributed by atoms with van der Waals surface area (Å²) < 4.78 is 0. The van der Waals surface area contributed by atoms with E-state index in [-0.39, 0.29) is 17.6 Å². The molecule has 3 aromatic carbocycles. The van der Waals surface area contributed by atoms with E-state index in [1.54, 1.807) is 0 Å². The number of fused-ring (bicyclic) bond motifs is 1. The van der Waals surface area contributed by atoms with Crippen LogP contribution in [0.1, 0.15) is 82.4 Å². The fraction of sp³-hybridized carbons (Fsp3) is 0.371. The highest BCUT2D eigenvalue weighted by Gasteiger charge is 2.41. The molecular weight excluding hydrogens is 494 g/mol. The van der Waals surface area contributed by atoms with Crippen LogP contribution in [0.5, 0.6) is 0 Å². The van der Waals surface area contributed by atoms with Crippen molar-refractivity contribution >= 4 is 28.8 Å². The molecule has 2 atom stereocenters. The molecule has 1 aliphatic heterocycles. The number of ketones is 1. The van der Waals surface area contributed by atoms with Gasteiger partial charge in [-0.2, -0.15) is 0 Å². The Kier molecular flexibility index (Phi) is 8.69. The SMILES string of the molecule is CCCCCC(=O)N1c2ccccc2NC2=C(C(=O)C[C@H](c3ccccc3)C2)[C@@H]1c1ccc(N(CC)CC)cc1. The molecule has 5 rings (SSSR count). The maximum atomic E-state index is 14.2. The molecular formula is C35H41N3O2. The van der Waals surface area contributed by atoms with Crippen molar-refractivity contribution in [1.29, 1.82) is 0 Å². The predicted molar refractivity (Wildman–Crippen MR) is 165 cm³/mol. The Morgan fingerprint density at radius 1 is 0.850 bits per heavy atom. The van der Waals surface area contributed by atoms with Crippen molar-refractivity contribution < 1.29 is 9.59 Å². The number of carbonyl (C=O) groups is 2. The summed E-state index contributed by atoms with van der Waals surface area (Å²) in [6.45, 7) is 8.31. The number of Topliss-reactive ketones (excluding diaryl/α,β-unsaturated/α-hetero) is 1. The van der Waals surface area contributed by atoms with E-state index < -0.39 is 6.04 Å². The first-order valence-electron chi connectivity index (χ1n) is 14.9. The minimum absolute atomic E-state index is 0.0623. The molecule has 2 aliphatic rings. The lowest BCUT2D eigenvalue weighted by atomic mass is 9.78. The number of benzene rings is 3. The molecule has 1 amide bonds. The first-order valence-corrected chi connectivity index (χ1v) is 14.9. The number of nitrogens with one attached hydrogen (secondary N) is 1. The monoisotopic (exact) mass is 535 g/mol. The van der Waals surface area contributed by atoms with Gasteiger partial charge in [0.1, 0.15) is 0 Å². The smallest absolute Gasteiger partial charge is 0.227 e. The Labute approximate surface area is 238 Å². The maximum absolute atomic E-state index is 14.2. The lowest BCUT2D eigenvalue weighted by molar-refractivity contribution is -0.119. The number of nitrogens with zero attached hydrogens (tertiary/aromatic N) is 2. The molecule has 0 radical (unpaired) electrons. The number of allylic oxidation sites excluding steroid dienone is 1. The molecule has 0 bridgehead atoms. The van der Waals surface area contributed by atoms with E-state index in [2.05, 4.69) is 67.4 Å². The third-order valence-electron chi connectivity index (χ3n) is 8.36. The summed E-state index contributed by atoms with van der Waals surface area (Å²) in [7, 11) is 0. The summed E-state index contributed by atoms with van der Waals surface area (Å²) >= 11 is 0. The van der Waals surface area contributed by atoms with Crippen LogP contribution in [0.3, 0.4) is 0 Å². The van der Waals surface area contributed by atoms with Gasteiger partial charge in [0.2, 0.25) is 5.91 Å². The molecule has 1 aliphatic carbocycles. The molecule has 0 saturated heterocycles. The zero-order chi connectivity index (χ0) is 28.1. The van der Waals surface area contributed by atoms with Crippen LogP contribution in [0.4, 0.5) is 17.1 Å². The molecule has 208 valence electrons. The van der Waals surface area contributed by atoms with Crippen LogP contribution >= 0.6 is 0 Å². The van der Waals surface area contributed by atoms with Gasteiger partial charge in [-0.15, -0.1) is 0 Å². The summed E-state index contributed by atoms with van der Waals surface area (Å²) in [6, 6.07) is 26.3. The van der Waals surface area contributed by atoms with Crippen LogP contribution in [0.25, 0.3) is 0 Å². The van der Waals surface area contributed by atoms with Crippen molar-refractivity contribution in [3.8, 4) is 0 Å². The van der Waals surface area contributed by atoms with Crippen molar-refractivity contribution in [2.24, 2.45) is 0 Å². The Balaban J connectivity index is 1.65. The van der Waals surface area contributed by atoms with E-state index in [0.717, 1.165) is 72.7 Å². The van der Waals surface area contributed by atoms with Crippen LogP contribution < -0.4 is 15.1 Å². The Morgan fingerprint density at radius 3 is 2.25 bits per heavy atom. The zero-order valence-electron chi connectivity index (χ0n) is 24.0. The van der Waals surface area contributed by atoms with Gasteiger partial charge in [-0.3, -0.25) is 14.5 Å². The number of hydrogen-bond acceptors (Lipinski definition) is 4. The summed E-state index contributed by atoms with van der Waals surface area (Å²) in [5.41, 5.74) is 6.66. The third-order valence-corrected chi connectivity index (χ3v) is 8.36. The van der Waals surface area contributed by atoms with Crippen molar-refractivity contribution in [2.75, 3.05) is 28.2 Å². The topological polar surface area (TPSA) is 52.7 Å². The van der Waals surface area contributed by atoms with E-state index in [0.29, 0.717) is 12.8 Å². The molecule has 0 aromatic heterocycles. The van der Waals surface area contributed by atoms with E-state index in [1.807, 2.05) is 47.4 Å². The van der Waals surface area contributed by atoms with Crippen molar-refractivity contribution in [3.05, 3.63) is 101 Å². The van der Waals surface area contributed by atoms with Gasteiger partial charge in [-0.1, -0.05) is 74.4 Å². The van der Waals surface area contributed by atoms with Gasteiger partial charge in [0.05, 0.1) is 17.4 Å². The minimum atomic E-state index is -0.477. The number of amides is 1. The fourth-order valence-electron chi connectivity index (χ4n) is 6.24. The van der Waals surface area contributed by atoms with Gasteiger partial charge < -0.3 is 10.2 Å². The van der Waals surface area contributed by atoms with E-state index >= 15 is 0 Å². The van der Waals surface area contributed by atoms with E-state index in [1.165, 1.54) is 5.56 Å². The number of unbranched alkanes of at least 4 members (excludes halogenated alkanes) is 2. The van der Waals surface area contributed by atoms with Gasteiger partial charge >= 0.3 is 0 Å². The van der Waals surface area contributed by atoms with E-state index in [9.17, 15) is 9.59 Å². The molecule has 0 fully saturated rings. The molecule has 1 N–H and O–H groups in total. The molecule has 1 heterocycles. The Morgan fingerprint density at radius 2 is 1.55 bits per heavy atom. The average molecular weight is 536 g/mol. The largest absolute Gasteiger partial charge is 0.372 e. The molecule has 0 spiro atoms. The molecule has 40 heavy (non-hydrogen) atoms. The number of para-hydroxylation sites is 2. The van der Waals surface area contributed by atoms with Crippen LogP contribution in [0.15, 0.2) is 90.1 Å². The lowest BCUT2D eigenvalue weighted by Gasteiger charge is -2.35. The second-order valence-electron chi connectivity index (χ2n) is 10.9. The van der Waals surface area contributed by atoms with Gasteiger partial charge in [0.15, 0.2) is 5.78 Å². The lowest BCUT2D eigenvalue weighted by Crippen LogP contribution is -2.38. The fourth-order valence-corrected chi connectivity index (χ4v) is 6.24. The van der Waals surface area contributed by atoms with Crippen molar-refractivity contribution in [3.63, 3.8) is 0 Å². The minimum Gasteiger partial charge on any atom is -0.372 e. The summed E-state index contributed by atoms with van der Waals surface area (Å²) in [5, 5.41) is 3.65. The molecule has 5 heteroatoms. The number of anilines is 3. The van der Waals surface area contributed by atoms with Crippen LogP contribution in [-0.4, -0.2) is 24.8 Å². The Hall–Kier alpha value is -3.86. The highest BCUT2D eigenvalue weighted by molar-refractivity contribution is 6.06. The highest BCUT2D eigenvalue weighted by atomic mass is 16.2. The van der Waals surface area contributed by atoms with Crippen LogP contribution in [0, 0.1) is 0 Å². The summed E-state index contributed by atoms with van der Waals surface area (Å²) in [4.78, 5) is 32.4. The molecule has 5 nitrogen and oxygen atoms in total. The first-order chi connectivity index (χ1) is 19.5. The standard InChI is InChI=1S/C35H41N3O2/c1-4-7-9-18-33(40)38-31-17-13-12-16-29(31)36-30-23-27(25-14-10-8-11-15-25)24-32(39)34(30)35(38)26-19-21-28(22-20-26)37(5-2)6-3/h8,10-17,19-22,27,35-36H,4-7,9,18,23-24H2,1-3H3/t27-,35+/m1/s1. The van der Waals surface area contributed by atoms with Gasteiger partial charge in [0.25, 0.3) is 0 Å². The second-order valence-corrected chi connectivity index (χ2v) is 10.9. The van der Waals surface area contributed by atoms with Gasteiger partial charge in [-0.25, -0.2) is 0 Å². The van der Waals surface area contributed by atoms with Crippen molar-refractivity contribution in [2.45, 2.75) is 71.3 Å². The zero-order valence-corrected chi connectivity index (χ0v) is 24.0. The normalized spacial score (nSPS) is 18.5. The Bertz CT molecular complexity index is 1360. The average Bonchev–Trinajstić information content (AvgIpc) is 3.13. The number of hydrogen-bond donors (Lipinski definition) is 1. The van der Waals surface area contributed by atoms with Crippen LogP contribution in [-0.2, 0) is 9.59 Å². The summed E-state index contributed by atoms with van der Waals surface area (Å²) in [6.07, 6.45) is 4.52.